The minimum Gasteiger partial charge on any atom is -0.325 e. The number of amides is 2. The van der Waals surface area contributed by atoms with E-state index in [1.54, 1.807) is 50.2 Å². The summed E-state index contributed by atoms with van der Waals surface area (Å²) in [7, 11) is 0. The zero-order valence-corrected chi connectivity index (χ0v) is 19.3. The number of aromatic nitrogens is 3. The van der Waals surface area contributed by atoms with Crippen LogP contribution >= 0.6 is 23.4 Å². The first-order valence-corrected chi connectivity index (χ1v) is 11.1. The van der Waals surface area contributed by atoms with Gasteiger partial charge in [-0.25, -0.2) is 0 Å². The smallest absolute Gasteiger partial charge is 0.278 e. The number of benzene rings is 2. The number of rotatable bonds is 7. The molecule has 0 aliphatic heterocycles. The van der Waals surface area contributed by atoms with Crippen molar-refractivity contribution >= 4 is 46.6 Å². The van der Waals surface area contributed by atoms with Gasteiger partial charge in [-0.1, -0.05) is 41.9 Å². The molecule has 3 rings (SSSR count). The standard InChI is InChI=1S/C22H22ClN5O3S/c1-4-18(29)25-17-10-5-12(2)11-16(17)19-21(31)26-22(28-27-19)32-13(3)20(30)24-15-8-6-14(23)7-9-15/h5-11,13H,4H2,1-3H3,(H,24,30)(H,25,29)(H,26,28,31). The van der Waals surface area contributed by atoms with Crippen molar-refractivity contribution in [3.05, 3.63) is 63.4 Å². The summed E-state index contributed by atoms with van der Waals surface area (Å²) in [5, 5.41) is 14.0. The summed E-state index contributed by atoms with van der Waals surface area (Å²) in [6, 6.07) is 12.1. The maximum atomic E-state index is 12.7. The number of H-pyrrole nitrogens is 1. The third-order valence-electron chi connectivity index (χ3n) is 4.47. The molecule has 10 heteroatoms. The van der Waals surface area contributed by atoms with Crippen LogP contribution in [0.4, 0.5) is 11.4 Å². The highest BCUT2D eigenvalue weighted by Gasteiger charge is 2.19. The number of hydrogen-bond acceptors (Lipinski definition) is 6. The molecule has 2 amide bonds. The van der Waals surface area contributed by atoms with Crippen LogP contribution in [0.3, 0.4) is 0 Å². The third-order valence-corrected chi connectivity index (χ3v) is 5.70. The molecule has 1 heterocycles. The maximum Gasteiger partial charge on any atom is 0.278 e. The molecular formula is C22H22ClN5O3S. The van der Waals surface area contributed by atoms with Gasteiger partial charge in [0.15, 0.2) is 10.9 Å². The van der Waals surface area contributed by atoms with Crippen molar-refractivity contribution in [3.63, 3.8) is 0 Å². The lowest BCUT2D eigenvalue weighted by Crippen LogP contribution is -2.23. The van der Waals surface area contributed by atoms with Crippen LogP contribution in [-0.4, -0.2) is 32.2 Å². The Balaban J connectivity index is 1.77. The number of carbonyl (C=O) groups excluding carboxylic acids is 2. The molecule has 1 aromatic heterocycles. The van der Waals surface area contributed by atoms with Crippen LogP contribution in [0, 0.1) is 6.92 Å². The molecule has 0 saturated heterocycles. The number of carbonyl (C=O) groups is 2. The Labute approximate surface area is 194 Å². The fourth-order valence-electron chi connectivity index (χ4n) is 2.75. The molecule has 3 N–H and O–H groups in total. The van der Waals surface area contributed by atoms with Crippen molar-refractivity contribution in [1.82, 2.24) is 15.2 Å². The molecule has 1 atom stereocenters. The van der Waals surface area contributed by atoms with Crippen molar-refractivity contribution in [2.24, 2.45) is 0 Å². The molecule has 3 aromatic rings. The predicted octanol–water partition coefficient (Wildman–Crippen LogP) is 4.26. The van der Waals surface area contributed by atoms with Gasteiger partial charge in [-0.3, -0.25) is 19.4 Å². The summed E-state index contributed by atoms with van der Waals surface area (Å²) < 4.78 is 0. The Hall–Kier alpha value is -3.17. The quantitative estimate of drug-likeness (QED) is 0.443. The van der Waals surface area contributed by atoms with Crippen LogP contribution in [0.15, 0.2) is 52.4 Å². The lowest BCUT2D eigenvalue weighted by molar-refractivity contribution is -0.116. The first kappa shape index (κ1) is 23.5. The topological polar surface area (TPSA) is 117 Å². The monoisotopic (exact) mass is 471 g/mol. The van der Waals surface area contributed by atoms with Crippen molar-refractivity contribution in [2.75, 3.05) is 10.6 Å². The van der Waals surface area contributed by atoms with Gasteiger partial charge in [0, 0.05) is 22.7 Å². The number of aromatic amines is 1. The Bertz CT molecular complexity index is 1200. The summed E-state index contributed by atoms with van der Waals surface area (Å²) in [5.74, 6) is -0.431. The Morgan fingerprint density at radius 1 is 1.12 bits per heavy atom. The van der Waals surface area contributed by atoms with E-state index in [4.69, 9.17) is 11.6 Å². The van der Waals surface area contributed by atoms with Crippen LogP contribution < -0.4 is 16.2 Å². The van der Waals surface area contributed by atoms with E-state index in [0.717, 1.165) is 17.3 Å². The SMILES string of the molecule is CCC(=O)Nc1ccc(C)cc1-c1nnc(SC(C)C(=O)Nc2ccc(Cl)cc2)[nH]c1=O. The molecule has 8 nitrogen and oxygen atoms in total. The normalized spacial score (nSPS) is 11.6. The third kappa shape index (κ3) is 5.95. The highest BCUT2D eigenvalue weighted by molar-refractivity contribution is 8.00. The molecule has 0 fully saturated rings. The Morgan fingerprint density at radius 2 is 1.84 bits per heavy atom. The molecule has 0 radical (unpaired) electrons. The molecule has 0 aliphatic rings. The molecule has 32 heavy (non-hydrogen) atoms. The van der Waals surface area contributed by atoms with Crippen LogP contribution in [0.1, 0.15) is 25.8 Å². The second-order valence-electron chi connectivity index (χ2n) is 7.01. The van der Waals surface area contributed by atoms with Crippen molar-refractivity contribution in [2.45, 2.75) is 37.6 Å². The molecule has 2 aromatic carbocycles. The fraction of sp³-hybridized carbons (Fsp3) is 0.227. The summed E-state index contributed by atoms with van der Waals surface area (Å²) >= 11 is 6.93. The number of halogens is 1. The lowest BCUT2D eigenvalue weighted by Gasteiger charge is -2.12. The zero-order valence-electron chi connectivity index (χ0n) is 17.7. The summed E-state index contributed by atoms with van der Waals surface area (Å²) in [5.41, 5.74) is 2.10. The van der Waals surface area contributed by atoms with Gasteiger partial charge in [-0.05, 0) is 50.2 Å². The zero-order chi connectivity index (χ0) is 23.3. The summed E-state index contributed by atoms with van der Waals surface area (Å²) in [6.45, 7) is 5.32. The Kier molecular flexibility index (Phi) is 7.66. The Morgan fingerprint density at radius 3 is 2.50 bits per heavy atom. The van der Waals surface area contributed by atoms with E-state index in [9.17, 15) is 14.4 Å². The lowest BCUT2D eigenvalue weighted by atomic mass is 10.1. The van der Waals surface area contributed by atoms with Gasteiger partial charge >= 0.3 is 0 Å². The van der Waals surface area contributed by atoms with Gasteiger partial charge in [0.2, 0.25) is 11.8 Å². The number of aryl methyl sites for hydroxylation is 1. The molecule has 0 saturated carbocycles. The van der Waals surface area contributed by atoms with Crippen molar-refractivity contribution in [3.8, 4) is 11.3 Å². The van der Waals surface area contributed by atoms with Gasteiger partial charge in [0.25, 0.3) is 5.56 Å². The fourth-order valence-corrected chi connectivity index (χ4v) is 3.62. The first-order valence-electron chi connectivity index (χ1n) is 9.87. The molecule has 0 aliphatic carbocycles. The van der Waals surface area contributed by atoms with Gasteiger partial charge in [-0.2, -0.15) is 0 Å². The largest absolute Gasteiger partial charge is 0.325 e. The second-order valence-corrected chi connectivity index (χ2v) is 8.78. The average molecular weight is 472 g/mol. The molecule has 1 unspecified atom stereocenters. The van der Waals surface area contributed by atoms with E-state index in [1.807, 2.05) is 13.0 Å². The van der Waals surface area contributed by atoms with Gasteiger partial charge in [-0.15, -0.1) is 10.2 Å². The van der Waals surface area contributed by atoms with E-state index < -0.39 is 10.8 Å². The maximum absolute atomic E-state index is 12.7. The van der Waals surface area contributed by atoms with Crippen LogP contribution in [0.25, 0.3) is 11.3 Å². The minimum atomic E-state index is -0.542. The number of nitrogens with one attached hydrogen (secondary N) is 3. The number of hydrogen-bond donors (Lipinski definition) is 3. The number of anilines is 2. The second kappa shape index (κ2) is 10.4. The molecule has 166 valence electrons. The molecule has 0 spiro atoms. The molecule has 0 bridgehead atoms. The first-order chi connectivity index (χ1) is 15.3. The summed E-state index contributed by atoms with van der Waals surface area (Å²) in [4.78, 5) is 39.7. The van der Waals surface area contributed by atoms with Gasteiger partial charge in [0.05, 0.1) is 10.9 Å². The van der Waals surface area contributed by atoms with E-state index in [-0.39, 0.29) is 22.7 Å². The summed E-state index contributed by atoms with van der Waals surface area (Å²) in [6.07, 6.45) is 0.306. The predicted molar refractivity (Wildman–Crippen MR) is 127 cm³/mol. The van der Waals surface area contributed by atoms with Gasteiger partial charge in [0.1, 0.15) is 0 Å². The molecular weight excluding hydrogens is 450 g/mol. The highest BCUT2D eigenvalue weighted by atomic mass is 35.5. The van der Waals surface area contributed by atoms with Crippen LogP contribution in [0.2, 0.25) is 5.02 Å². The number of thioether (sulfide) groups is 1. The van der Waals surface area contributed by atoms with E-state index in [0.29, 0.717) is 28.4 Å². The highest BCUT2D eigenvalue weighted by Crippen LogP contribution is 2.26. The van der Waals surface area contributed by atoms with Crippen LogP contribution in [-0.2, 0) is 9.59 Å². The van der Waals surface area contributed by atoms with E-state index in [1.165, 1.54) is 0 Å². The van der Waals surface area contributed by atoms with E-state index >= 15 is 0 Å². The van der Waals surface area contributed by atoms with Crippen molar-refractivity contribution < 1.29 is 9.59 Å². The minimum absolute atomic E-state index is 0.0859. The number of nitrogens with zero attached hydrogens (tertiary/aromatic N) is 2. The van der Waals surface area contributed by atoms with Crippen LogP contribution in [0.5, 0.6) is 0 Å². The van der Waals surface area contributed by atoms with Gasteiger partial charge < -0.3 is 10.6 Å². The van der Waals surface area contributed by atoms with Crippen molar-refractivity contribution in [1.29, 1.82) is 0 Å². The average Bonchev–Trinajstić information content (AvgIpc) is 2.76. The van der Waals surface area contributed by atoms with E-state index in [2.05, 4.69) is 25.8 Å².